The maximum absolute atomic E-state index is 14.1. The number of aromatic nitrogens is 3. The van der Waals surface area contributed by atoms with Crippen LogP contribution in [0.25, 0.3) is 15.9 Å². The number of benzene rings is 2. The maximum Gasteiger partial charge on any atom is 0.280 e. The lowest BCUT2D eigenvalue weighted by atomic mass is 10.2. The summed E-state index contributed by atoms with van der Waals surface area (Å²) in [5.41, 5.74) is 1.12. The number of thiazole rings is 1. The second kappa shape index (κ2) is 6.97. The van der Waals surface area contributed by atoms with Gasteiger partial charge in [-0.3, -0.25) is 9.59 Å². The van der Waals surface area contributed by atoms with Crippen molar-refractivity contribution in [2.75, 3.05) is 5.32 Å². The van der Waals surface area contributed by atoms with Crippen LogP contribution < -0.4 is 10.7 Å². The molecule has 0 saturated carbocycles. The number of aryl methyl sites for hydroxylation is 2. The summed E-state index contributed by atoms with van der Waals surface area (Å²) in [4.78, 5) is 29.4. The summed E-state index contributed by atoms with van der Waals surface area (Å²) in [5, 5.41) is 7.71. The van der Waals surface area contributed by atoms with Gasteiger partial charge in [0.15, 0.2) is 5.69 Å². The zero-order chi connectivity index (χ0) is 19.8. The quantitative estimate of drug-likeness (QED) is 0.573. The summed E-state index contributed by atoms with van der Waals surface area (Å²) in [6, 6.07) is 12.6. The van der Waals surface area contributed by atoms with E-state index in [0.717, 1.165) is 15.2 Å². The van der Waals surface area contributed by atoms with E-state index in [1.807, 2.05) is 6.92 Å². The zero-order valence-corrected chi connectivity index (χ0v) is 15.9. The second-order valence-corrected chi connectivity index (χ2v) is 7.47. The SMILES string of the molecule is Cc1nc2ccc(NC(=O)c3nn(-c4ccccc4F)c(C)cc3=O)cc2s1. The molecule has 4 aromatic rings. The van der Waals surface area contributed by atoms with Crippen molar-refractivity contribution in [3.8, 4) is 5.69 Å². The second-order valence-electron chi connectivity index (χ2n) is 6.23. The van der Waals surface area contributed by atoms with Gasteiger partial charge < -0.3 is 5.32 Å². The Morgan fingerprint density at radius 3 is 2.71 bits per heavy atom. The molecule has 0 fully saturated rings. The summed E-state index contributed by atoms with van der Waals surface area (Å²) in [6.07, 6.45) is 0. The molecule has 1 N–H and O–H groups in total. The highest BCUT2D eigenvalue weighted by molar-refractivity contribution is 7.18. The Morgan fingerprint density at radius 1 is 1.14 bits per heavy atom. The topological polar surface area (TPSA) is 76.9 Å². The largest absolute Gasteiger partial charge is 0.320 e. The van der Waals surface area contributed by atoms with Crippen LogP contribution in [0.15, 0.2) is 53.3 Å². The average Bonchev–Trinajstić information content (AvgIpc) is 3.02. The van der Waals surface area contributed by atoms with Gasteiger partial charge >= 0.3 is 0 Å². The van der Waals surface area contributed by atoms with Crippen LogP contribution in [-0.4, -0.2) is 20.7 Å². The molecule has 0 radical (unpaired) electrons. The molecule has 2 aromatic carbocycles. The summed E-state index contributed by atoms with van der Waals surface area (Å²) < 4.78 is 16.3. The van der Waals surface area contributed by atoms with Gasteiger partial charge in [-0.2, -0.15) is 5.10 Å². The summed E-state index contributed by atoms with van der Waals surface area (Å²) >= 11 is 1.51. The van der Waals surface area contributed by atoms with E-state index in [1.54, 1.807) is 37.3 Å². The molecule has 0 aliphatic rings. The average molecular weight is 394 g/mol. The van der Waals surface area contributed by atoms with Gasteiger partial charge in [0.2, 0.25) is 5.43 Å². The molecule has 0 spiro atoms. The van der Waals surface area contributed by atoms with Crippen molar-refractivity contribution in [2.24, 2.45) is 0 Å². The number of para-hydroxylation sites is 1. The van der Waals surface area contributed by atoms with E-state index in [9.17, 15) is 14.0 Å². The number of fused-ring (bicyclic) bond motifs is 1. The minimum absolute atomic E-state index is 0.163. The van der Waals surface area contributed by atoms with Crippen molar-refractivity contribution in [1.82, 2.24) is 14.8 Å². The fourth-order valence-electron chi connectivity index (χ4n) is 2.88. The molecule has 6 nitrogen and oxygen atoms in total. The number of nitrogens with zero attached hydrogens (tertiary/aromatic N) is 3. The van der Waals surface area contributed by atoms with Gasteiger partial charge in [-0.15, -0.1) is 11.3 Å². The van der Waals surface area contributed by atoms with Crippen LogP contribution in [0.1, 0.15) is 21.2 Å². The number of carbonyl (C=O) groups excluding carboxylic acids is 1. The predicted molar refractivity (Wildman–Crippen MR) is 107 cm³/mol. The van der Waals surface area contributed by atoms with Crippen molar-refractivity contribution in [3.63, 3.8) is 0 Å². The van der Waals surface area contributed by atoms with Gasteiger partial charge in [0, 0.05) is 17.4 Å². The van der Waals surface area contributed by atoms with E-state index in [2.05, 4.69) is 15.4 Å². The van der Waals surface area contributed by atoms with Crippen molar-refractivity contribution in [1.29, 1.82) is 0 Å². The molecule has 4 rings (SSSR count). The number of rotatable bonds is 3. The third-order valence-electron chi connectivity index (χ3n) is 4.16. The number of amides is 1. The lowest BCUT2D eigenvalue weighted by Gasteiger charge is -2.12. The normalized spacial score (nSPS) is 11.0. The number of hydrogen-bond donors (Lipinski definition) is 1. The minimum atomic E-state index is -0.657. The first kappa shape index (κ1) is 18.0. The van der Waals surface area contributed by atoms with Gasteiger partial charge in [0.05, 0.1) is 15.2 Å². The van der Waals surface area contributed by atoms with Crippen molar-refractivity contribution >= 4 is 33.1 Å². The van der Waals surface area contributed by atoms with E-state index in [-0.39, 0.29) is 11.4 Å². The molecule has 140 valence electrons. The Balaban J connectivity index is 1.71. The molecule has 0 unspecified atom stereocenters. The first-order valence-electron chi connectivity index (χ1n) is 8.47. The monoisotopic (exact) mass is 394 g/mol. The van der Waals surface area contributed by atoms with E-state index in [4.69, 9.17) is 0 Å². The third-order valence-corrected chi connectivity index (χ3v) is 5.09. The number of hydrogen-bond acceptors (Lipinski definition) is 5. The lowest BCUT2D eigenvalue weighted by Crippen LogP contribution is -2.27. The molecular weight excluding hydrogens is 379 g/mol. The van der Waals surface area contributed by atoms with E-state index in [1.165, 1.54) is 34.2 Å². The fraction of sp³-hybridized carbons (Fsp3) is 0.100. The van der Waals surface area contributed by atoms with Crippen molar-refractivity contribution < 1.29 is 9.18 Å². The van der Waals surface area contributed by atoms with Gasteiger partial charge in [0.1, 0.15) is 11.5 Å². The minimum Gasteiger partial charge on any atom is -0.320 e. The van der Waals surface area contributed by atoms with E-state index in [0.29, 0.717) is 11.4 Å². The molecule has 0 aliphatic heterocycles. The van der Waals surface area contributed by atoms with Gasteiger partial charge in [-0.25, -0.2) is 14.1 Å². The molecule has 0 bridgehead atoms. The summed E-state index contributed by atoms with van der Waals surface area (Å²) in [5.74, 6) is -1.16. The first-order chi connectivity index (χ1) is 13.4. The van der Waals surface area contributed by atoms with Crippen LogP contribution in [-0.2, 0) is 0 Å². The molecule has 2 heterocycles. The van der Waals surface area contributed by atoms with Gasteiger partial charge in [-0.1, -0.05) is 12.1 Å². The zero-order valence-electron chi connectivity index (χ0n) is 15.1. The molecule has 0 aliphatic carbocycles. The molecule has 0 atom stereocenters. The summed E-state index contributed by atoms with van der Waals surface area (Å²) in [6.45, 7) is 3.53. The van der Waals surface area contributed by atoms with Crippen LogP contribution in [0.4, 0.5) is 10.1 Å². The van der Waals surface area contributed by atoms with Crippen LogP contribution in [0, 0.1) is 19.7 Å². The van der Waals surface area contributed by atoms with Crippen LogP contribution in [0.3, 0.4) is 0 Å². The number of halogens is 1. The summed E-state index contributed by atoms with van der Waals surface area (Å²) in [7, 11) is 0. The highest BCUT2D eigenvalue weighted by Crippen LogP contribution is 2.25. The first-order valence-corrected chi connectivity index (χ1v) is 9.28. The highest BCUT2D eigenvalue weighted by atomic mass is 32.1. The van der Waals surface area contributed by atoms with Crippen LogP contribution in [0.2, 0.25) is 0 Å². The number of anilines is 1. The number of carbonyl (C=O) groups is 1. The molecule has 2 aromatic heterocycles. The van der Waals surface area contributed by atoms with Gasteiger partial charge in [-0.05, 0) is 44.2 Å². The van der Waals surface area contributed by atoms with E-state index < -0.39 is 17.2 Å². The highest BCUT2D eigenvalue weighted by Gasteiger charge is 2.17. The van der Waals surface area contributed by atoms with E-state index >= 15 is 0 Å². The number of nitrogens with one attached hydrogen (secondary N) is 1. The standard InChI is InChI=1S/C20H15FN4O2S/c1-11-9-17(26)19(24-25(11)16-6-4-3-5-14(16)21)20(27)23-13-7-8-15-18(10-13)28-12(2)22-15/h3-10H,1-2H3,(H,23,27). The van der Waals surface area contributed by atoms with Gasteiger partial charge in [0.25, 0.3) is 5.91 Å². The third kappa shape index (κ3) is 3.29. The Labute approximate surface area is 163 Å². The van der Waals surface area contributed by atoms with Crippen LogP contribution >= 0.6 is 11.3 Å². The Bertz CT molecular complexity index is 1280. The smallest absolute Gasteiger partial charge is 0.280 e. The van der Waals surface area contributed by atoms with Crippen molar-refractivity contribution in [3.05, 3.63) is 81.0 Å². The molecule has 28 heavy (non-hydrogen) atoms. The Hall–Kier alpha value is -3.39. The molecule has 0 saturated heterocycles. The molecule has 1 amide bonds. The predicted octanol–water partition coefficient (Wildman–Crippen LogP) is 3.85. The molecule has 8 heteroatoms. The maximum atomic E-state index is 14.1. The molecular formula is C20H15FN4O2S. The van der Waals surface area contributed by atoms with Crippen LogP contribution in [0.5, 0.6) is 0 Å². The lowest BCUT2D eigenvalue weighted by molar-refractivity contribution is 0.101. The fourth-order valence-corrected chi connectivity index (χ4v) is 3.75. The Kier molecular flexibility index (Phi) is 4.48. The Morgan fingerprint density at radius 2 is 1.93 bits per heavy atom. The van der Waals surface area contributed by atoms with Crippen molar-refractivity contribution in [2.45, 2.75) is 13.8 Å².